The van der Waals surface area contributed by atoms with Crippen LogP contribution in [0.2, 0.25) is 0 Å². The number of likely N-dealkylation sites (tertiary alicyclic amines) is 2. The van der Waals surface area contributed by atoms with Crippen LogP contribution in [0.15, 0.2) is 36.4 Å². The Hall–Kier alpha value is -3.83. The number of hydrogen-bond acceptors (Lipinski definition) is 7. The first-order valence-electron chi connectivity index (χ1n) is 17.0. The van der Waals surface area contributed by atoms with Crippen LogP contribution in [0.25, 0.3) is 0 Å². The summed E-state index contributed by atoms with van der Waals surface area (Å²) in [5.41, 5.74) is 11.8. The molecule has 248 valence electrons. The number of para-hydroxylation sites is 1. The number of benzene rings is 2. The van der Waals surface area contributed by atoms with Crippen LogP contribution in [0.4, 0.5) is 21.0 Å². The van der Waals surface area contributed by atoms with Crippen LogP contribution in [0.1, 0.15) is 47.9 Å². The molecule has 4 aliphatic rings. The molecular weight excluding hydrogens is 582 g/mol. The Balaban J connectivity index is 1.09. The van der Waals surface area contributed by atoms with Gasteiger partial charge in [0.05, 0.1) is 0 Å². The monoisotopic (exact) mass is 631 g/mol. The highest BCUT2D eigenvalue weighted by molar-refractivity contribution is 5.91. The second-order valence-electron chi connectivity index (χ2n) is 13.3. The number of piperazine rings is 1. The number of carbonyl (C=O) groups is 3. The van der Waals surface area contributed by atoms with Gasteiger partial charge in [0.1, 0.15) is 0 Å². The smallest absolute Gasteiger partial charge is 0.410 e. The van der Waals surface area contributed by atoms with Crippen LogP contribution < -0.4 is 16.4 Å². The summed E-state index contributed by atoms with van der Waals surface area (Å²) in [6.07, 6.45) is 2.88. The van der Waals surface area contributed by atoms with E-state index in [0.717, 1.165) is 79.1 Å². The van der Waals surface area contributed by atoms with Gasteiger partial charge >= 0.3 is 12.1 Å². The number of hydrogen-bond donors (Lipinski definition) is 3. The number of nitrogens with one attached hydrogen (secondary N) is 2. The lowest BCUT2D eigenvalue weighted by Gasteiger charge is -2.41. The SMILES string of the molecule is Cc1cc(CC(OC(=O)N2CCC(N3CCc4ccccc4NC3=O)CC2)C(=O)N2CCC(N3CCNCC3)CC2)cc(C)c1N. The van der Waals surface area contributed by atoms with E-state index in [1.807, 2.05) is 54.0 Å². The van der Waals surface area contributed by atoms with Crippen molar-refractivity contribution in [2.45, 2.75) is 70.6 Å². The number of aryl methyl sites for hydroxylation is 2. The topological polar surface area (TPSA) is 123 Å². The van der Waals surface area contributed by atoms with Crippen LogP contribution in [-0.2, 0) is 22.4 Å². The highest BCUT2D eigenvalue weighted by atomic mass is 16.6. The van der Waals surface area contributed by atoms with E-state index in [9.17, 15) is 14.4 Å². The van der Waals surface area contributed by atoms with Crippen molar-refractivity contribution in [2.24, 2.45) is 0 Å². The number of ether oxygens (including phenoxy) is 1. The van der Waals surface area contributed by atoms with Crippen molar-refractivity contribution in [1.82, 2.24) is 24.9 Å². The summed E-state index contributed by atoms with van der Waals surface area (Å²) in [4.78, 5) is 48.7. The molecule has 4 amide bonds. The molecule has 46 heavy (non-hydrogen) atoms. The molecule has 0 bridgehead atoms. The zero-order chi connectivity index (χ0) is 32.2. The zero-order valence-electron chi connectivity index (χ0n) is 27.3. The van der Waals surface area contributed by atoms with Crippen molar-refractivity contribution in [3.8, 4) is 0 Å². The Morgan fingerprint density at radius 2 is 1.52 bits per heavy atom. The fourth-order valence-electron chi connectivity index (χ4n) is 7.57. The average molecular weight is 632 g/mol. The number of anilines is 2. The van der Waals surface area contributed by atoms with Crippen LogP contribution in [-0.4, -0.2) is 115 Å². The fraction of sp³-hybridized carbons (Fsp3) is 0.571. The molecule has 3 fully saturated rings. The second-order valence-corrected chi connectivity index (χ2v) is 13.3. The first kappa shape index (κ1) is 32.1. The number of carbonyl (C=O) groups excluding carboxylic acids is 3. The van der Waals surface area contributed by atoms with Crippen molar-refractivity contribution in [2.75, 3.05) is 70.0 Å². The maximum Gasteiger partial charge on any atom is 0.410 e. The summed E-state index contributed by atoms with van der Waals surface area (Å²) in [7, 11) is 0. The molecule has 0 aromatic heterocycles. The van der Waals surface area contributed by atoms with Gasteiger partial charge in [-0.1, -0.05) is 30.3 Å². The molecule has 0 spiro atoms. The summed E-state index contributed by atoms with van der Waals surface area (Å²) >= 11 is 0. The molecule has 0 aliphatic carbocycles. The molecule has 11 nitrogen and oxygen atoms in total. The Labute approximate surface area is 272 Å². The first-order chi connectivity index (χ1) is 22.3. The van der Waals surface area contributed by atoms with E-state index in [4.69, 9.17) is 10.5 Å². The molecular formula is C35H49N7O4. The number of nitrogens with zero attached hydrogens (tertiary/aromatic N) is 4. The molecule has 0 saturated carbocycles. The highest BCUT2D eigenvalue weighted by Gasteiger charge is 2.36. The average Bonchev–Trinajstić information content (AvgIpc) is 3.25. The maximum atomic E-state index is 14.0. The van der Waals surface area contributed by atoms with Gasteiger partial charge in [-0.3, -0.25) is 9.69 Å². The van der Waals surface area contributed by atoms with Gasteiger partial charge < -0.3 is 35.8 Å². The number of nitrogens with two attached hydrogens (primary N) is 1. The third-order valence-corrected chi connectivity index (χ3v) is 10.3. The first-order valence-corrected chi connectivity index (χ1v) is 17.0. The van der Waals surface area contributed by atoms with Crippen molar-refractivity contribution >= 4 is 29.4 Å². The third-order valence-electron chi connectivity index (χ3n) is 10.3. The van der Waals surface area contributed by atoms with E-state index in [0.29, 0.717) is 58.0 Å². The van der Waals surface area contributed by atoms with Crippen LogP contribution in [0, 0.1) is 13.8 Å². The molecule has 4 heterocycles. The summed E-state index contributed by atoms with van der Waals surface area (Å²) in [5, 5.41) is 6.47. The van der Waals surface area contributed by atoms with E-state index in [-0.39, 0.29) is 18.0 Å². The quantitative estimate of drug-likeness (QED) is 0.418. The fourth-order valence-corrected chi connectivity index (χ4v) is 7.57. The summed E-state index contributed by atoms with van der Waals surface area (Å²) < 4.78 is 6.08. The lowest BCUT2D eigenvalue weighted by Crippen LogP contribution is -2.54. The minimum absolute atomic E-state index is 0.0356. The van der Waals surface area contributed by atoms with Crippen molar-refractivity contribution < 1.29 is 19.1 Å². The van der Waals surface area contributed by atoms with Crippen LogP contribution in [0.5, 0.6) is 0 Å². The summed E-state index contributed by atoms with van der Waals surface area (Å²) in [6.45, 7) is 10.9. The molecule has 4 aliphatic heterocycles. The largest absolute Gasteiger partial charge is 0.436 e. The van der Waals surface area contributed by atoms with Crippen molar-refractivity contribution in [1.29, 1.82) is 0 Å². The zero-order valence-corrected chi connectivity index (χ0v) is 27.3. The molecule has 1 atom stereocenters. The second kappa shape index (κ2) is 14.3. The van der Waals surface area contributed by atoms with E-state index in [2.05, 4.69) is 21.6 Å². The van der Waals surface area contributed by atoms with Crippen LogP contribution in [0.3, 0.4) is 0 Å². The lowest BCUT2D eigenvalue weighted by atomic mass is 9.98. The molecule has 6 rings (SSSR count). The summed E-state index contributed by atoms with van der Waals surface area (Å²) in [6, 6.07) is 12.3. The maximum absolute atomic E-state index is 14.0. The Morgan fingerprint density at radius 3 is 2.22 bits per heavy atom. The van der Waals surface area contributed by atoms with Gasteiger partial charge in [0.15, 0.2) is 6.10 Å². The molecule has 1 unspecified atom stereocenters. The van der Waals surface area contributed by atoms with Crippen molar-refractivity contribution in [3.05, 3.63) is 58.7 Å². The lowest BCUT2D eigenvalue weighted by molar-refractivity contribution is -0.142. The van der Waals surface area contributed by atoms with Gasteiger partial charge in [-0.15, -0.1) is 0 Å². The number of fused-ring (bicyclic) bond motifs is 1. The van der Waals surface area contributed by atoms with Gasteiger partial charge in [0, 0.05) is 88.8 Å². The molecule has 2 aromatic rings. The predicted octanol–water partition coefficient (Wildman–Crippen LogP) is 3.38. The van der Waals surface area contributed by atoms with Crippen LogP contribution >= 0.6 is 0 Å². The number of nitrogen functional groups attached to an aromatic ring is 1. The molecule has 0 radical (unpaired) electrons. The van der Waals surface area contributed by atoms with Gasteiger partial charge in [-0.05, 0) is 74.3 Å². The Morgan fingerprint density at radius 1 is 0.891 bits per heavy atom. The van der Waals surface area contributed by atoms with E-state index in [1.54, 1.807) is 4.90 Å². The van der Waals surface area contributed by atoms with Gasteiger partial charge in [0.25, 0.3) is 5.91 Å². The van der Waals surface area contributed by atoms with Crippen molar-refractivity contribution in [3.63, 3.8) is 0 Å². The number of piperidine rings is 2. The number of urea groups is 1. The van der Waals surface area contributed by atoms with E-state index in [1.165, 1.54) is 0 Å². The normalized spacial score (nSPS) is 20.9. The summed E-state index contributed by atoms with van der Waals surface area (Å²) in [5.74, 6) is -0.130. The Kier molecular flexibility index (Phi) is 9.98. The molecule has 2 aromatic carbocycles. The predicted molar refractivity (Wildman–Crippen MR) is 179 cm³/mol. The minimum atomic E-state index is -0.918. The number of amides is 4. The van der Waals surface area contributed by atoms with E-state index < -0.39 is 12.2 Å². The van der Waals surface area contributed by atoms with Gasteiger partial charge in [-0.2, -0.15) is 0 Å². The van der Waals surface area contributed by atoms with Gasteiger partial charge in [-0.25, -0.2) is 9.59 Å². The minimum Gasteiger partial charge on any atom is -0.436 e. The van der Waals surface area contributed by atoms with Gasteiger partial charge in [0.2, 0.25) is 0 Å². The highest BCUT2D eigenvalue weighted by Crippen LogP contribution is 2.26. The molecule has 3 saturated heterocycles. The Bertz CT molecular complexity index is 1390. The van der Waals surface area contributed by atoms with E-state index >= 15 is 0 Å². The standard InChI is InChI=1S/C35H49N7O4/c1-24-21-26(22-25(2)32(24)36)23-31(33(43)40-14-8-28(9-15-40)39-19-12-37-13-20-39)46-35(45)41-16-10-29(11-17-41)42-18-7-27-5-3-4-6-30(27)38-34(42)44/h3-6,21-22,28-29,31,37H,7-20,23,36H2,1-2H3,(H,38,44). The third kappa shape index (κ3) is 7.25. The molecule has 4 N–H and O–H groups in total. The molecule has 11 heteroatoms. The number of rotatable bonds is 6.